The van der Waals surface area contributed by atoms with Gasteiger partial charge in [-0.2, -0.15) is 20.1 Å². The number of aryl methyl sites for hydroxylation is 2. The molecule has 2 aromatic heterocycles. The average Bonchev–Trinajstić information content (AvgIpc) is 2.75. The van der Waals surface area contributed by atoms with Crippen LogP contribution >= 0.6 is 11.8 Å². The molecular weight excluding hydrogens is 288 g/mol. The van der Waals surface area contributed by atoms with Gasteiger partial charge in [0.05, 0.1) is 12.3 Å². The van der Waals surface area contributed by atoms with E-state index < -0.39 is 0 Å². The van der Waals surface area contributed by atoms with Crippen LogP contribution in [0.5, 0.6) is 6.01 Å². The molecule has 0 radical (unpaired) electrons. The van der Waals surface area contributed by atoms with Gasteiger partial charge in [0.2, 0.25) is 11.1 Å². The Labute approximate surface area is 128 Å². The minimum atomic E-state index is 0.340. The zero-order valence-electron chi connectivity index (χ0n) is 12.8. The summed E-state index contributed by atoms with van der Waals surface area (Å²) in [6, 6.07) is 2.33. The standard InChI is InChI=1S/C13H20N6OS/c1-5-7-14-11-15-12(20-6-2)17-13(16-11)21-10-8-9(3)18-19(10)4/h8H,5-7H2,1-4H3,(H,14,15,16,17). The van der Waals surface area contributed by atoms with Gasteiger partial charge in [0.15, 0.2) is 0 Å². The lowest BCUT2D eigenvalue weighted by Gasteiger charge is -2.08. The van der Waals surface area contributed by atoms with Crippen molar-refractivity contribution in [3.05, 3.63) is 11.8 Å². The molecule has 0 fully saturated rings. The van der Waals surface area contributed by atoms with E-state index in [1.165, 1.54) is 11.8 Å². The zero-order chi connectivity index (χ0) is 15.2. The predicted molar refractivity (Wildman–Crippen MR) is 81.8 cm³/mol. The molecule has 0 saturated heterocycles. The van der Waals surface area contributed by atoms with Crippen molar-refractivity contribution in [3.8, 4) is 6.01 Å². The van der Waals surface area contributed by atoms with E-state index in [1.807, 2.05) is 31.6 Å². The molecule has 0 aliphatic carbocycles. The highest BCUT2D eigenvalue weighted by molar-refractivity contribution is 7.99. The Morgan fingerprint density at radius 1 is 1.29 bits per heavy atom. The van der Waals surface area contributed by atoms with E-state index in [0.29, 0.717) is 23.7 Å². The van der Waals surface area contributed by atoms with E-state index in [-0.39, 0.29) is 0 Å². The maximum atomic E-state index is 5.40. The van der Waals surface area contributed by atoms with Gasteiger partial charge in [-0.05, 0) is 38.1 Å². The molecule has 8 heteroatoms. The summed E-state index contributed by atoms with van der Waals surface area (Å²) in [5.74, 6) is 0.539. The number of hydrogen-bond donors (Lipinski definition) is 1. The van der Waals surface area contributed by atoms with E-state index in [1.54, 1.807) is 0 Å². The summed E-state index contributed by atoms with van der Waals surface area (Å²) in [5.41, 5.74) is 0.961. The molecule has 0 amide bonds. The molecule has 0 bridgehead atoms. The molecule has 114 valence electrons. The Kier molecular flexibility index (Phi) is 5.38. The van der Waals surface area contributed by atoms with Crippen molar-refractivity contribution in [3.63, 3.8) is 0 Å². The summed E-state index contributed by atoms with van der Waals surface area (Å²) in [5, 5.41) is 9.04. The lowest BCUT2D eigenvalue weighted by Crippen LogP contribution is -2.08. The average molecular weight is 308 g/mol. The Bertz CT molecular complexity index is 600. The summed E-state index contributed by atoms with van der Waals surface area (Å²) < 4.78 is 7.21. The molecule has 0 saturated carbocycles. The van der Waals surface area contributed by atoms with Gasteiger partial charge >= 0.3 is 6.01 Å². The molecule has 1 N–H and O–H groups in total. The van der Waals surface area contributed by atoms with Crippen LogP contribution in [0.4, 0.5) is 5.95 Å². The molecule has 0 aliphatic heterocycles. The molecule has 0 spiro atoms. The fourth-order valence-corrected chi connectivity index (χ4v) is 2.51. The van der Waals surface area contributed by atoms with Crippen LogP contribution in [0.3, 0.4) is 0 Å². The molecule has 0 aromatic carbocycles. The lowest BCUT2D eigenvalue weighted by atomic mass is 10.5. The topological polar surface area (TPSA) is 77.8 Å². The molecule has 2 heterocycles. The van der Waals surface area contributed by atoms with E-state index in [4.69, 9.17) is 4.74 Å². The first-order valence-electron chi connectivity index (χ1n) is 6.93. The molecule has 0 aliphatic rings. The van der Waals surface area contributed by atoms with Crippen LogP contribution in [0.1, 0.15) is 26.0 Å². The molecule has 2 aromatic rings. The predicted octanol–water partition coefficient (Wildman–Crippen LogP) is 2.29. The fourth-order valence-electron chi connectivity index (χ4n) is 1.67. The Balaban J connectivity index is 2.24. The van der Waals surface area contributed by atoms with Crippen LogP contribution in [0.25, 0.3) is 0 Å². The summed E-state index contributed by atoms with van der Waals surface area (Å²) in [6.07, 6.45) is 0.999. The van der Waals surface area contributed by atoms with Gasteiger partial charge in [-0.15, -0.1) is 0 Å². The van der Waals surface area contributed by atoms with Gasteiger partial charge in [0, 0.05) is 13.6 Å². The second-order valence-electron chi connectivity index (χ2n) is 4.43. The second kappa shape index (κ2) is 7.26. The number of nitrogens with one attached hydrogen (secondary N) is 1. The van der Waals surface area contributed by atoms with Crippen LogP contribution < -0.4 is 10.1 Å². The summed E-state index contributed by atoms with van der Waals surface area (Å²) >= 11 is 1.44. The summed E-state index contributed by atoms with van der Waals surface area (Å²) in [4.78, 5) is 13.0. The number of ether oxygens (including phenoxy) is 1. The minimum Gasteiger partial charge on any atom is -0.464 e. The van der Waals surface area contributed by atoms with Crippen LogP contribution in [-0.2, 0) is 7.05 Å². The van der Waals surface area contributed by atoms with Crippen LogP contribution in [0, 0.1) is 6.92 Å². The monoisotopic (exact) mass is 308 g/mol. The molecule has 21 heavy (non-hydrogen) atoms. The first kappa shape index (κ1) is 15.6. The molecule has 7 nitrogen and oxygen atoms in total. The highest BCUT2D eigenvalue weighted by Crippen LogP contribution is 2.26. The quantitative estimate of drug-likeness (QED) is 0.840. The molecular formula is C13H20N6OS. The lowest BCUT2D eigenvalue weighted by molar-refractivity contribution is 0.308. The maximum Gasteiger partial charge on any atom is 0.322 e. The third kappa shape index (κ3) is 4.32. The van der Waals surface area contributed by atoms with Crippen molar-refractivity contribution < 1.29 is 4.74 Å². The summed E-state index contributed by atoms with van der Waals surface area (Å²) in [6.45, 7) is 7.28. The van der Waals surface area contributed by atoms with E-state index in [0.717, 1.165) is 23.7 Å². The van der Waals surface area contributed by atoms with Crippen molar-refractivity contribution in [2.75, 3.05) is 18.5 Å². The van der Waals surface area contributed by atoms with Crippen molar-refractivity contribution in [1.29, 1.82) is 0 Å². The van der Waals surface area contributed by atoms with Gasteiger partial charge in [-0.1, -0.05) is 6.92 Å². The molecule has 0 atom stereocenters. The van der Waals surface area contributed by atoms with Crippen molar-refractivity contribution >= 4 is 17.7 Å². The normalized spacial score (nSPS) is 10.7. The van der Waals surface area contributed by atoms with Gasteiger partial charge in [-0.3, -0.25) is 4.68 Å². The number of rotatable bonds is 7. The van der Waals surface area contributed by atoms with Crippen molar-refractivity contribution in [2.24, 2.45) is 7.05 Å². The van der Waals surface area contributed by atoms with Crippen LogP contribution in [0.15, 0.2) is 16.2 Å². The third-order valence-corrected chi connectivity index (χ3v) is 3.51. The number of hydrogen-bond acceptors (Lipinski definition) is 7. The molecule has 0 unspecified atom stereocenters. The van der Waals surface area contributed by atoms with Gasteiger partial charge in [0.25, 0.3) is 0 Å². The Hall–Kier alpha value is -1.83. The van der Waals surface area contributed by atoms with E-state index >= 15 is 0 Å². The highest BCUT2D eigenvalue weighted by atomic mass is 32.2. The van der Waals surface area contributed by atoms with Gasteiger partial charge in [-0.25, -0.2) is 0 Å². The Morgan fingerprint density at radius 2 is 2.10 bits per heavy atom. The fraction of sp³-hybridized carbons (Fsp3) is 0.538. The van der Waals surface area contributed by atoms with Gasteiger partial charge in [0.1, 0.15) is 5.03 Å². The largest absolute Gasteiger partial charge is 0.464 e. The van der Waals surface area contributed by atoms with E-state index in [9.17, 15) is 0 Å². The third-order valence-electron chi connectivity index (χ3n) is 2.56. The van der Waals surface area contributed by atoms with Crippen LogP contribution in [-0.4, -0.2) is 37.9 Å². The first-order chi connectivity index (χ1) is 10.1. The highest BCUT2D eigenvalue weighted by Gasteiger charge is 2.11. The van der Waals surface area contributed by atoms with E-state index in [2.05, 4.69) is 32.3 Å². The smallest absolute Gasteiger partial charge is 0.322 e. The molecule has 2 rings (SSSR count). The second-order valence-corrected chi connectivity index (χ2v) is 5.42. The number of anilines is 1. The minimum absolute atomic E-state index is 0.340. The summed E-state index contributed by atoms with van der Waals surface area (Å²) in [7, 11) is 1.90. The Morgan fingerprint density at radius 3 is 2.71 bits per heavy atom. The van der Waals surface area contributed by atoms with Crippen molar-refractivity contribution in [2.45, 2.75) is 37.4 Å². The van der Waals surface area contributed by atoms with Crippen LogP contribution in [0.2, 0.25) is 0 Å². The number of aromatic nitrogens is 5. The SMILES string of the molecule is CCCNc1nc(OCC)nc(Sc2cc(C)nn2C)n1. The maximum absolute atomic E-state index is 5.40. The number of nitrogens with zero attached hydrogens (tertiary/aromatic N) is 5. The van der Waals surface area contributed by atoms with Gasteiger partial charge < -0.3 is 10.1 Å². The van der Waals surface area contributed by atoms with Crippen molar-refractivity contribution in [1.82, 2.24) is 24.7 Å². The zero-order valence-corrected chi connectivity index (χ0v) is 13.6. The first-order valence-corrected chi connectivity index (χ1v) is 7.75.